The Kier molecular flexibility index (Phi) is 6.19. The van der Waals surface area contributed by atoms with E-state index in [4.69, 9.17) is 14.2 Å². The standard InChI is InChI=1S/C15H22O4/c1-5-17-13-8-7-12(9-14(13)18-6-2)15(16)19-10-11(3)4/h7-9,11H,5-6,10H2,1-4H3. The summed E-state index contributed by atoms with van der Waals surface area (Å²) in [6.45, 7) is 9.27. The van der Waals surface area contributed by atoms with Crippen LogP contribution in [0.3, 0.4) is 0 Å². The fourth-order valence-corrected chi connectivity index (χ4v) is 1.50. The number of ether oxygens (including phenoxy) is 3. The lowest BCUT2D eigenvalue weighted by Crippen LogP contribution is -2.10. The van der Waals surface area contributed by atoms with E-state index in [9.17, 15) is 4.79 Å². The van der Waals surface area contributed by atoms with Crippen molar-refractivity contribution in [2.75, 3.05) is 19.8 Å². The molecule has 0 bridgehead atoms. The maximum absolute atomic E-state index is 11.9. The van der Waals surface area contributed by atoms with E-state index in [2.05, 4.69) is 0 Å². The molecule has 0 aliphatic heterocycles. The van der Waals surface area contributed by atoms with E-state index in [1.807, 2.05) is 27.7 Å². The zero-order chi connectivity index (χ0) is 14.3. The number of esters is 1. The molecule has 1 aromatic rings. The van der Waals surface area contributed by atoms with Gasteiger partial charge < -0.3 is 14.2 Å². The Morgan fingerprint density at radius 3 is 2.32 bits per heavy atom. The van der Waals surface area contributed by atoms with E-state index in [1.165, 1.54) is 0 Å². The lowest BCUT2D eigenvalue weighted by Gasteiger charge is -2.12. The first-order valence-corrected chi connectivity index (χ1v) is 6.65. The molecular formula is C15H22O4. The highest BCUT2D eigenvalue weighted by Crippen LogP contribution is 2.28. The molecule has 0 aromatic heterocycles. The van der Waals surface area contributed by atoms with E-state index in [0.717, 1.165) is 0 Å². The van der Waals surface area contributed by atoms with Crippen LogP contribution >= 0.6 is 0 Å². The Morgan fingerprint density at radius 1 is 1.11 bits per heavy atom. The topological polar surface area (TPSA) is 44.8 Å². The summed E-state index contributed by atoms with van der Waals surface area (Å²) in [7, 11) is 0. The molecule has 106 valence electrons. The van der Waals surface area contributed by atoms with Gasteiger partial charge in [-0.1, -0.05) is 13.8 Å². The van der Waals surface area contributed by atoms with Crippen LogP contribution in [0.2, 0.25) is 0 Å². The number of carbonyl (C=O) groups is 1. The molecule has 19 heavy (non-hydrogen) atoms. The van der Waals surface area contributed by atoms with Gasteiger partial charge in [-0.2, -0.15) is 0 Å². The maximum Gasteiger partial charge on any atom is 0.338 e. The third kappa shape index (κ3) is 4.81. The lowest BCUT2D eigenvalue weighted by atomic mass is 10.2. The molecule has 0 aliphatic rings. The minimum Gasteiger partial charge on any atom is -0.490 e. The highest BCUT2D eigenvalue weighted by Gasteiger charge is 2.13. The third-order valence-corrected chi connectivity index (χ3v) is 2.33. The van der Waals surface area contributed by atoms with Crippen LogP contribution in [0.4, 0.5) is 0 Å². The van der Waals surface area contributed by atoms with Crippen LogP contribution in [-0.2, 0) is 4.74 Å². The molecule has 0 fully saturated rings. The van der Waals surface area contributed by atoms with E-state index >= 15 is 0 Å². The summed E-state index contributed by atoms with van der Waals surface area (Å²) in [5, 5.41) is 0. The zero-order valence-electron chi connectivity index (χ0n) is 12.1. The van der Waals surface area contributed by atoms with Crippen LogP contribution in [-0.4, -0.2) is 25.8 Å². The van der Waals surface area contributed by atoms with Crippen LogP contribution in [0.15, 0.2) is 18.2 Å². The Balaban J connectivity index is 2.84. The highest BCUT2D eigenvalue weighted by atomic mass is 16.5. The van der Waals surface area contributed by atoms with Crippen molar-refractivity contribution in [1.82, 2.24) is 0 Å². The molecule has 1 aromatic carbocycles. The Hall–Kier alpha value is -1.71. The summed E-state index contributed by atoms with van der Waals surface area (Å²) < 4.78 is 16.1. The van der Waals surface area contributed by atoms with Crippen molar-refractivity contribution in [3.05, 3.63) is 23.8 Å². The van der Waals surface area contributed by atoms with Gasteiger partial charge in [0.25, 0.3) is 0 Å². The van der Waals surface area contributed by atoms with Gasteiger partial charge in [0.2, 0.25) is 0 Å². The fraction of sp³-hybridized carbons (Fsp3) is 0.533. The van der Waals surface area contributed by atoms with Gasteiger partial charge >= 0.3 is 5.97 Å². The average Bonchev–Trinajstić information content (AvgIpc) is 2.38. The van der Waals surface area contributed by atoms with Gasteiger partial charge in [-0.15, -0.1) is 0 Å². The highest BCUT2D eigenvalue weighted by molar-refractivity contribution is 5.90. The molecule has 4 nitrogen and oxygen atoms in total. The van der Waals surface area contributed by atoms with Crippen molar-refractivity contribution in [3.8, 4) is 11.5 Å². The molecule has 0 atom stereocenters. The minimum absolute atomic E-state index is 0.318. The molecule has 0 heterocycles. The van der Waals surface area contributed by atoms with Gasteiger partial charge in [-0.25, -0.2) is 4.79 Å². The first-order chi connectivity index (χ1) is 9.08. The summed E-state index contributed by atoms with van der Waals surface area (Å²) in [6, 6.07) is 5.09. The predicted molar refractivity (Wildman–Crippen MR) is 73.9 cm³/mol. The van der Waals surface area contributed by atoms with Crippen LogP contribution < -0.4 is 9.47 Å². The van der Waals surface area contributed by atoms with Gasteiger partial charge in [-0.3, -0.25) is 0 Å². The van der Waals surface area contributed by atoms with Crippen molar-refractivity contribution in [1.29, 1.82) is 0 Å². The summed E-state index contributed by atoms with van der Waals surface area (Å²) in [6.07, 6.45) is 0. The number of hydrogen-bond acceptors (Lipinski definition) is 4. The second-order valence-electron chi connectivity index (χ2n) is 4.52. The van der Waals surface area contributed by atoms with Crippen LogP contribution in [0, 0.1) is 5.92 Å². The Labute approximate surface area is 114 Å². The molecule has 4 heteroatoms. The van der Waals surface area contributed by atoms with Crippen molar-refractivity contribution in [2.45, 2.75) is 27.7 Å². The molecule has 0 saturated heterocycles. The molecular weight excluding hydrogens is 244 g/mol. The first kappa shape index (κ1) is 15.3. The number of hydrogen-bond donors (Lipinski definition) is 0. The number of carbonyl (C=O) groups excluding carboxylic acids is 1. The summed E-state index contributed by atoms with van der Waals surface area (Å²) >= 11 is 0. The van der Waals surface area contributed by atoms with E-state index < -0.39 is 0 Å². The van der Waals surface area contributed by atoms with Gasteiger partial charge in [-0.05, 0) is 38.0 Å². The van der Waals surface area contributed by atoms with Gasteiger partial charge in [0, 0.05) is 0 Å². The van der Waals surface area contributed by atoms with Crippen molar-refractivity contribution < 1.29 is 19.0 Å². The molecule has 1 rings (SSSR count). The smallest absolute Gasteiger partial charge is 0.338 e. The monoisotopic (exact) mass is 266 g/mol. The predicted octanol–water partition coefficient (Wildman–Crippen LogP) is 3.30. The third-order valence-electron chi connectivity index (χ3n) is 2.33. The largest absolute Gasteiger partial charge is 0.490 e. The van der Waals surface area contributed by atoms with Crippen molar-refractivity contribution in [2.24, 2.45) is 5.92 Å². The second-order valence-corrected chi connectivity index (χ2v) is 4.52. The number of benzene rings is 1. The molecule has 0 amide bonds. The van der Waals surface area contributed by atoms with Gasteiger partial charge in [0.1, 0.15) is 0 Å². The van der Waals surface area contributed by atoms with Crippen LogP contribution in [0.25, 0.3) is 0 Å². The van der Waals surface area contributed by atoms with E-state index in [-0.39, 0.29) is 5.97 Å². The van der Waals surface area contributed by atoms with Gasteiger partial charge in [0.05, 0.1) is 25.4 Å². The van der Waals surface area contributed by atoms with Crippen molar-refractivity contribution in [3.63, 3.8) is 0 Å². The van der Waals surface area contributed by atoms with E-state index in [0.29, 0.717) is 42.8 Å². The number of rotatable bonds is 7. The SMILES string of the molecule is CCOc1ccc(C(=O)OCC(C)C)cc1OCC. The lowest BCUT2D eigenvalue weighted by molar-refractivity contribution is 0.0458. The van der Waals surface area contributed by atoms with Gasteiger partial charge in [0.15, 0.2) is 11.5 Å². The Bertz CT molecular complexity index is 413. The van der Waals surface area contributed by atoms with E-state index in [1.54, 1.807) is 18.2 Å². The summed E-state index contributed by atoms with van der Waals surface area (Å²) in [5.74, 6) is 1.20. The quantitative estimate of drug-likeness (QED) is 0.710. The fourth-order valence-electron chi connectivity index (χ4n) is 1.50. The molecule has 0 radical (unpaired) electrons. The summed E-state index contributed by atoms with van der Waals surface area (Å²) in [5.41, 5.74) is 0.479. The Morgan fingerprint density at radius 2 is 1.74 bits per heavy atom. The minimum atomic E-state index is -0.335. The molecule has 0 saturated carbocycles. The maximum atomic E-state index is 11.9. The molecule has 0 spiro atoms. The zero-order valence-corrected chi connectivity index (χ0v) is 12.1. The molecule has 0 unspecified atom stereocenters. The molecule has 0 N–H and O–H groups in total. The summed E-state index contributed by atoms with van der Waals surface area (Å²) in [4.78, 5) is 11.9. The van der Waals surface area contributed by atoms with Crippen LogP contribution in [0.5, 0.6) is 11.5 Å². The normalized spacial score (nSPS) is 10.4. The first-order valence-electron chi connectivity index (χ1n) is 6.65. The van der Waals surface area contributed by atoms with Crippen molar-refractivity contribution >= 4 is 5.97 Å². The van der Waals surface area contributed by atoms with Crippen LogP contribution in [0.1, 0.15) is 38.1 Å². The average molecular weight is 266 g/mol. The second kappa shape index (κ2) is 7.67. The molecule has 0 aliphatic carbocycles.